The van der Waals surface area contributed by atoms with Crippen LogP contribution in [0.3, 0.4) is 0 Å². The first kappa shape index (κ1) is 24.0. The zero-order valence-electron chi connectivity index (χ0n) is 19.4. The lowest BCUT2D eigenvalue weighted by Crippen LogP contribution is -2.32. The SMILES string of the molecule is COc1ccc(S(=O)(=O)N2CCCCCC2)cc1NC(=O)CCc1ccc(-c2ccccc2)[nH]1. The lowest BCUT2D eigenvalue weighted by atomic mass is 10.2. The van der Waals surface area contributed by atoms with Crippen LogP contribution in [0, 0.1) is 0 Å². The molecule has 8 heteroatoms. The first-order valence-corrected chi connectivity index (χ1v) is 13.1. The number of amides is 1. The predicted molar refractivity (Wildman–Crippen MR) is 133 cm³/mol. The molecule has 0 saturated carbocycles. The summed E-state index contributed by atoms with van der Waals surface area (Å²) in [5.41, 5.74) is 3.41. The van der Waals surface area contributed by atoms with Gasteiger partial charge in [-0.25, -0.2) is 8.42 Å². The number of H-pyrrole nitrogens is 1. The Morgan fingerprint density at radius 2 is 1.74 bits per heavy atom. The van der Waals surface area contributed by atoms with Crippen molar-refractivity contribution >= 4 is 21.6 Å². The highest BCUT2D eigenvalue weighted by molar-refractivity contribution is 7.89. The molecule has 1 fully saturated rings. The summed E-state index contributed by atoms with van der Waals surface area (Å²) in [5.74, 6) is 0.216. The number of carbonyl (C=O) groups excluding carboxylic acids is 1. The van der Waals surface area contributed by atoms with Gasteiger partial charge >= 0.3 is 0 Å². The van der Waals surface area contributed by atoms with Gasteiger partial charge in [0.1, 0.15) is 5.75 Å². The highest BCUT2D eigenvalue weighted by Crippen LogP contribution is 2.30. The van der Waals surface area contributed by atoms with E-state index in [0.717, 1.165) is 42.6 Å². The van der Waals surface area contributed by atoms with E-state index in [1.807, 2.05) is 42.5 Å². The number of sulfonamides is 1. The van der Waals surface area contributed by atoms with Crippen molar-refractivity contribution in [3.63, 3.8) is 0 Å². The van der Waals surface area contributed by atoms with Crippen LogP contribution in [-0.2, 0) is 21.2 Å². The zero-order chi connectivity index (χ0) is 24.0. The first-order chi connectivity index (χ1) is 16.5. The van der Waals surface area contributed by atoms with Crippen molar-refractivity contribution in [2.45, 2.75) is 43.4 Å². The van der Waals surface area contributed by atoms with Crippen molar-refractivity contribution in [1.82, 2.24) is 9.29 Å². The van der Waals surface area contributed by atoms with Crippen LogP contribution < -0.4 is 10.1 Å². The van der Waals surface area contributed by atoms with Crippen molar-refractivity contribution in [1.29, 1.82) is 0 Å². The lowest BCUT2D eigenvalue weighted by Gasteiger charge is -2.21. The number of carbonyl (C=O) groups is 1. The summed E-state index contributed by atoms with van der Waals surface area (Å²) in [7, 11) is -2.13. The van der Waals surface area contributed by atoms with E-state index in [1.165, 1.54) is 13.2 Å². The van der Waals surface area contributed by atoms with E-state index >= 15 is 0 Å². The van der Waals surface area contributed by atoms with E-state index in [-0.39, 0.29) is 17.2 Å². The molecule has 1 amide bonds. The Kier molecular flexibility index (Phi) is 7.70. The molecule has 4 rings (SSSR count). The monoisotopic (exact) mass is 481 g/mol. The van der Waals surface area contributed by atoms with Crippen LogP contribution in [0.4, 0.5) is 5.69 Å². The van der Waals surface area contributed by atoms with Crippen LogP contribution in [0.1, 0.15) is 37.8 Å². The number of aryl methyl sites for hydroxylation is 1. The molecule has 2 heterocycles. The smallest absolute Gasteiger partial charge is 0.243 e. The Hall–Kier alpha value is -3.10. The molecule has 3 aromatic rings. The Bertz CT molecular complexity index is 1210. The Labute approximate surface area is 201 Å². The molecule has 1 aliphatic rings. The summed E-state index contributed by atoms with van der Waals surface area (Å²) < 4.78 is 33.3. The number of methoxy groups -OCH3 is 1. The highest BCUT2D eigenvalue weighted by Gasteiger charge is 2.26. The molecule has 7 nitrogen and oxygen atoms in total. The predicted octanol–water partition coefficient (Wildman–Crippen LogP) is 4.83. The van der Waals surface area contributed by atoms with Crippen molar-refractivity contribution in [2.75, 3.05) is 25.5 Å². The van der Waals surface area contributed by atoms with Gasteiger partial charge in [-0.15, -0.1) is 0 Å². The Morgan fingerprint density at radius 1 is 1.00 bits per heavy atom. The summed E-state index contributed by atoms with van der Waals surface area (Å²) in [4.78, 5) is 16.2. The van der Waals surface area contributed by atoms with Crippen molar-refractivity contribution in [3.8, 4) is 17.0 Å². The van der Waals surface area contributed by atoms with E-state index in [2.05, 4.69) is 10.3 Å². The van der Waals surface area contributed by atoms with Crippen LogP contribution in [0.15, 0.2) is 65.6 Å². The molecule has 0 unspecified atom stereocenters. The Balaban J connectivity index is 1.43. The summed E-state index contributed by atoms with van der Waals surface area (Å²) in [5, 5.41) is 2.84. The topological polar surface area (TPSA) is 91.5 Å². The minimum absolute atomic E-state index is 0.169. The van der Waals surface area contributed by atoms with Gasteiger partial charge in [-0.3, -0.25) is 4.79 Å². The molecular weight excluding hydrogens is 450 g/mol. The molecule has 2 aromatic carbocycles. The minimum atomic E-state index is -3.63. The number of aromatic nitrogens is 1. The van der Waals surface area contributed by atoms with Gasteiger partial charge in [0.05, 0.1) is 17.7 Å². The van der Waals surface area contributed by atoms with Crippen molar-refractivity contribution in [3.05, 3.63) is 66.4 Å². The van der Waals surface area contributed by atoms with Gasteiger partial charge in [-0.1, -0.05) is 43.2 Å². The number of hydrogen-bond donors (Lipinski definition) is 2. The fourth-order valence-corrected chi connectivity index (χ4v) is 5.75. The average molecular weight is 482 g/mol. The van der Waals surface area contributed by atoms with Gasteiger partial charge in [-0.05, 0) is 55.2 Å². The van der Waals surface area contributed by atoms with Crippen LogP contribution >= 0.6 is 0 Å². The maximum absolute atomic E-state index is 13.2. The molecule has 1 aliphatic heterocycles. The van der Waals surface area contributed by atoms with E-state index in [4.69, 9.17) is 4.74 Å². The Morgan fingerprint density at radius 3 is 2.44 bits per heavy atom. The van der Waals surface area contributed by atoms with Gasteiger partial charge in [0.15, 0.2) is 0 Å². The van der Waals surface area contributed by atoms with Gasteiger partial charge < -0.3 is 15.0 Å². The number of rotatable bonds is 8. The number of nitrogens with one attached hydrogen (secondary N) is 2. The third-order valence-electron chi connectivity index (χ3n) is 6.10. The number of hydrogen-bond acceptors (Lipinski definition) is 4. The third-order valence-corrected chi connectivity index (χ3v) is 8.00. The fraction of sp³-hybridized carbons (Fsp3) is 0.346. The molecule has 0 aliphatic carbocycles. The molecule has 0 spiro atoms. The number of anilines is 1. The summed E-state index contributed by atoms with van der Waals surface area (Å²) in [6.45, 7) is 1.05. The third kappa shape index (κ3) is 5.69. The lowest BCUT2D eigenvalue weighted by molar-refractivity contribution is -0.116. The molecule has 180 valence electrons. The molecule has 0 radical (unpaired) electrons. The molecule has 1 aromatic heterocycles. The normalized spacial score (nSPS) is 15.0. The number of aromatic amines is 1. The van der Waals surface area contributed by atoms with E-state index in [1.54, 1.807) is 16.4 Å². The van der Waals surface area contributed by atoms with Gasteiger partial charge in [0.25, 0.3) is 0 Å². The molecular formula is C26H31N3O4S. The molecule has 1 saturated heterocycles. The molecule has 2 N–H and O–H groups in total. The quantitative estimate of drug-likeness (QED) is 0.482. The van der Waals surface area contributed by atoms with Crippen molar-refractivity contribution in [2.24, 2.45) is 0 Å². The second kappa shape index (κ2) is 10.9. The number of nitrogens with zero attached hydrogens (tertiary/aromatic N) is 1. The van der Waals surface area contributed by atoms with Gasteiger partial charge in [-0.2, -0.15) is 4.31 Å². The molecule has 0 bridgehead atoms. The second-order valence-corrected chi connectivity index (χ2v) is 10.4. The van der Waals surface area contributed by atoms with E-state index < -0.39 is 10.0 Å². The number of benzene rings is 2. The van der Waals surface area contributed by atoms with Crippen LogP contribution in [-0.4, -0.2) is 43.8 Å². The maximum Gasteiger partial charge on any atom is 0.243 e. The second-order valence-electron chi connectivity index (χ2n) is 8.49. The summed E-state index contributed by atoms with van der Waals surface area (Å²) in [6.07, 6.45) is 4.61. The zero-order valence-corrected chi connectivity index (χ0v) is 20.2. The maximum atomic E-state index is 13.2. The largest absolute Gasteiger partial charge is 0.495 e. The average Bonchev–Trinajstić information content (AvgIpc) is 3.15. The van der Waals surface area contributed by atoms with Crippen molar-refractivity contribution < 1.29 is 17.9 Å². The van der Waals surface area contributed by atoms with E-state index in [9.17, 15) is 13.2 Å². The first-order valence-electron chi connectivity index (χ1n) is 11.7. The summed E-state index contributed by atoms with van der Waals surface area (Å²) in [6, 6.07) is 18.6. The fourth-order valence-electron chi connectivity index (χ4n) is 4.21. The van der Waals surface area contributed by atoms with Gasteiger partial charge in [0, 0.05) is 30.9 Å². The van der Waals surface area contributed by atoms with E-state index in [0.29, 0.717) is 30.9 Å². The standard InChI is InChI=1S/C26H31N3O4S/c1-33-25-15-13-22(34(31,32)29-17-7-2-3-8-18-29)19-24(25)28-26(30)16-12-21-11-14-23(27-21)20-9-5-4-6-10-20/h4-6,9-11,13-15,19,27H,2-3,7-8,12,16-18H2,1H3,(H,28,30). The van der Waals surface area contributed by atoms with Crippen LogP contribution in [0.2, 0.25) is 0 Å². The molecule has 0 atom stereocenters. The van der Waals surface area contributed by atoms with Gasteiger partial charge in [0.2, 0.25) is 15.9 Å². The van der Waals surface area contributed by atoms with Crippen LogP contribution in [0.5, 0.6) is 5.75 Å². The van der Waals surface area contributed by atoms with Crippen LogP contribution in [0.25, 0.3) is 11.3 Å². The molecule has 34 heavy (non-hydrogen) atoms. The highest BCUT2D eigenvalue weighted by atomic mass is 32.2. The number of ether oxygens (including phenoxy) is 1. The minimum Gasteiger partial charge on any atom is -0.495 e. The summed E-state index contributed by atoms with van der Waals surface area (Å²) >= 11 is 0.